The van der Waals surface area contributed by atoms with E-state index in [1.165, 1.54) is 12.3 Å². The van der Waals surface area contributed by atoms with E-state index in [0.29, 0.717) is 5.69 Å². The minimum absolute atomic E-state index is 0.152. The Bertz CT molecular complexity index is 577. The minimum Gasteiger partial charge on any atom is -0.384 e. The molecule has 0 aliphatic carbocycles. The highest BCUT2D eigenvalue weighted by molar-refractivity contribution is 6.02. The fourth-order valence-electron chi connectivity index (χ4n) is 1.30. The van der Waals surface area contributed by atoms with Crippen LogP contribution < -0.4 is 5.32 Å². The molecule has 1 aromatic carbocycles. The molecule has 5 nitrogen and oxygen atoms in total. The predicted octanol–water partition coefficient (Wildman–Crippen LogP) is 1.27. The first-order chi connectivity index (χ1) is 8.79. The van der Waals surface area contributed by atoms with Gasteiger partial charge < -0.3 is 14.9 Å². The molecule has 1 heterocycles. The van der Waals surface area contributed by atoms with Gasteiger partial charge in [-0.25, -0.2) is 0 Å². The topological polar surface area (TPSA) is 75.4 Å². The van der Waals surface area contributed by atoms with Gasteiger partial charge in [0.15, 0.2) is 0 Å². The molecule has 1 aromatic heterocycles. The number of rotatable bonds is 2. The van der Waals surface area contributed by atoms with E-state index in [1.807, 2.05) is 0 Å². The summed E-state index contributed by atoms with van der Waals surface area (Å²) in [4.78, 5) is 11.6. The number of hydrogen-bond acceptors (Lipinski definition) is 4. The van der Waals surface area contributed by atoms with Crippen LogP contribution in [0.15, 0.2) is 41.1 Å². The van der Waals surface area contributed by atoms with Gasteiger partial charge in [-0.1, -0.05) is 17.0 Å². The van der Waals surface area contributed by atoms with Crippen molar-refractivity contribution in [2.75, 3.05) is 11.9 Å². The molecule has 2 N–H and O–H groups in total. The van der Waals surface area contributed by atoms with Crippen LogP contribution in [0.3, 0.4) is 0 Å². The highest BCUT2D eigenvalue weighted by Gasteiger charge is 2.09. The number of nitrogens with zero attached hydrogens (tertiary/aromatic N) is 1. The number of aliphatic hydroxyl groups excluding tert-OH is 1. The lowest BCUT2D eigenvalue weighted by Crippen LogP contribution is -2.10. The fraction of sp³-hybridized carbons (Fsp3) is 0.0769. The number of benzene rings is 1. The Hall–Kier alpha value is -2.58. The summed E-state index contributed by atoms with van der Waals surface area (Å²) in [6.45, 7) is -0.177. The molecule has 90 valence electrons. The van der Waals surface area contributed by atoms with Crippen LogP contribution in [0.1, 0.15) is 16.1 Å². The molecule has 5 heteroatoms. The van der Waals surface area contributed by atoms with Crippen molar-refractivity contribution in [2.24, 2.45) is 0 Å². The molecule has 2 rings (SSSR count). The maximum absolute atomic E-state index is 11.6. The zero-order valence-electron chi connectivity index (χ0n) is 9.38. The van der Waals surface area contributed by atoms with E-state index in [-0.39, 0.29) is 18.3 Å². The van der Waals surface area contributed by atoms with Crippen molar-refractivity contribution in [3.05, 3.63) is 47.9 Å². The summed E-state index contributed by atoms with van der Waals surface area (Å²) in [5.41, 5.74) is 1.40. The normalized spacial score (nSPS) is 9.39. The summed E-state index contributed by atoms with van der Waals surface area (Å²) in [5, 5.41) is 14.7. The van der Waals surface area contributed by atoms with Crippen molar-refractivity contribution in [3.8, 4) is 11.8 Å². The van der Waals surface area contributed by atoms with E-state index in [9.17, 15) is 4.79 Å². The van der Waals surface area contributed by atoms with Gasteiger partial charge in [-0.2, -0.15) is 0 Å². The summed E-state index contributed by atoms with van der Waals surface area (Å²) in [7, 11) is 0. The molecule has 0 bridgehead atoms. The zero-order valence-corrected chi connectivity index (χ0v) is 9.38. The number of carbonyl (C=O) groups is 1. The maximum Gasteiger partial charge on any atom is 0.294 e. The molecule has 2 aromatic rings. The number of aliphatic hydroxyl groups is 1. The van der Waals surface area contributed by atoms with Gasteiger partial charge >= 0.3 is 0 Å². The Balaban J connectivity index is 2.04. The highest BCUT2D eigenvalue weighted by Crippen LogP contribution is 2.10. The summed E-state index contributed by atoms with van der Waals surface area (Å²) >= 11 is 0. The van der Waals surface area contributed by atoms with Gasteiger partial charge in [0.2, 0.25) is 5.76 Å². The highest BCUT2D eigenvalue weighted by atomic mass is 16.5. The fourth-order valence-corrected chi connectivity index (χ4v) is 1.30. The van der Waals surface area contributed by atoms with Crippen LogP contribution in [-0.2, 0) is 0 Å². The molecule has 0 aliphatic heterocycles. The van der Waals surface area contributed by atoms with Gasteiger partial charge in [-0.05, 0) is 24.3 Å². The third-order valence-corrected chi connectivity index (χ3v) is 2.12. The lowest BCUT2D eigenvalue weighted by molar-refractivity contribution is 0.0988. The standard InChI is InChI=1S/C13H10N2O3/c16-9-1-2-10-3-5-11(6-4-10)15-13(17)12-7-8-14-18-12/h3-8,16H,9H2,(H,15,17). The molecule has 0 radical (unpaired) electrons. The minimum atomic E-state index is -0.360. The summed E-state index contributed by atoms with van der Waals surface area (Å²) in [6, 6.07) is 8.42. The molecule has 0 atom stereocenters. The van der Waals surface area contributed by atoms with Crippen molar-refractivity contribution in [3.63, 3.8) is 0 Å². The maximum atomic E-state index is 11.6. The number of nitrogens with one attached hydrogen (secondary N) is 1. The van der Waals surface area contributed by atoms with Crippen LogP contribution >= 0.6 is 0 Å². The molecular formula is C13H10N2O3. The van der Waals surface area contributed by atoms with Gasteiger partial charge in [0.25, 0.3) is 5.91 Å². The Morgan fingerprint density at radius 3 is 2.72 bits per heavy atom. The molecule has 0 saturated heterocycles. The number of aromatic nitrogens is 1. The average Bonchev–Trinajstić information content (AvgIpc) is 2.92. The molecule has 0 aliphatic rings. The number of carbonyl (C=O) groups excluding carboxylic acids is 1. The molecular weight excluding hydrogens is 232 g/mol. The van der Waals surface area contributed by atoms with Crippen LogP contribution in [0.2, 0.25) is 0 Å². The third-order valence-electron chi connectivity index (χ3n) is 2.12. The SMILES string of the molecule is O=C(Nc1ccc(C#CCO)cc1)c1ccno1. The van der Waals surface area contributed by atoms with E-state index in [2.05, 4.69) is 22.3 Å². The van der Waals surface area contributed by atoms with Crippen LogP contribution in [0, 0.1) is 11.8 Å². The van der Waals surface area contributed by atoms with Crippen molar-refractivity contribution in [1.82, 2.24) is 5.16 Å². The second-order valence-electron chi connectivity index (χ2n) is 3.37. The van der Waals surface area contributed by atoms with Crippen LogP contribution in [0.25, 0.3) is 0 Å². The van der Waals surface area contributed by atoms with Crippen molar-refractivity contribution < 1.29 is 14.4 Å². The predicted molar refractivity (Wildman–Crippen MR) is 64.9 cm³/mol. The van der Waals surface area contributed by atoms with Crippen molar-refractivity contribution in [1.29, 1.82) is 0 Å². The van der Waals surface area contributed by atoms with Gasteiger partial charge in [-0.3, -0.25) is 4.79 Å². The summed E-state index contributed by atoms with van der Waals surface area (Å²) < 4.78 is 4.73. The second-order valence-corrected chi connectivity index (χ2v) is 3.37. The molecule has 0 spiro atoms. The first-order valence-corrected chi connectivity index (χ1v) is 5.21. The molecule has 0 fully saturated rings. The van der Waals surface area contributed by atoms with Crippen LogP contribution in [0.4, 0.5) is 5.69 Å². The summed E-state index contributed by atoms with van der Waals surface area (Å²) in [5.74, 6) is 5.10. The Labute approximate surface area is 103 Å². The first-order valence-electron chi connectivity index (χ1n) is 5.21. The van der Waals surface area contributed by atoms with E-state index >= 15 is 0 Å². The van der Waals surface area contributed by atoms with Crippen molar-refractivity contribution in [2.45, 2.75) is 0 Å². The van der Waals surface area contributed by atoms with Crippen LogP contribution in [0.5, 0.6) is 0 Å². The monoisotopic (exact) mass is 242 g/mol. The third kappa shape index (κ3) is 2.97. The smallest absolute Gasteiger partial charge is 0.294 e. The Morgan fingerprint density at radius 2 is 2.11 bits per heavy atom. The Kier molecular flexibility index (Phi) is 3.74. The van der Waals surface area contributed by atoms with E-state index in [4.69, 9.17) is 9.63 Å². The number of amides is 1. The number of anilines is 1. The molecule has 18 heavy (non-hydrogen) atoms. The largest absolute Gasteiger partial charge is 0.384 e. The number of hydrogen-bond donors (Lipinski definition) is 2. The lowest BCUT2D eigenvalue weighted by atomic mass is 10.2. The van der Waals surface area contributed by atoms with Gasteiger partial charge in [0.05, 0.1) is 6.20 Å². The molecule has 0 unspecified atom stereocenters. The molecule has 0 saturated carbocycles. The first kappa shape index (κ1) is 11.9. The van der Waals surface area contributed by atoms with Crippen LogP contribution in [-0.4, -0.2) is 22.8 Å². The quantitative estimate of drug-likeness (QED) is 0.778. The van der Waals surface area contributed by atoms with Gasteiger partial charge in [0, 0.05) is 17.3 Å². The second kappa shape index (κ2) is 5.66. The van der Waals surface area contributed by atoms with E-state index in [1.54, 1.807) is 24.3 Å². The average molecular weight is 242 g/mol. The lowest BCUT2D eigenvalue weighted by Gasteiger charge is -2.02. The van der Waals surface area contributed by atoms with Gasteiger partial charge in [0.1, 0.15) is 6.61 Å². The van der Waals surface area contributed by atoms with Crippen molar-refractivity contribution >= 4 is 11.6 Å². The molecule has 1 amide bonds. The van der Waals surface area contributed by atoms with E-state index < -0.39 is 0 Å². The Morgan fingerprint density at radius 1 is 1.33 bits per heavy atom. The van der Waals surface area contributed by atoms with E-state index in [0.717, 1.165) is 5.56 Å². The summed E-state index contributed by atoms with van der Waals surface area (Å²) in [6.07, 6.45) is 1.41. The zero-order chi connectivity index (χ0) is 12.8. The van der Waals surface area contributed by atoms with Gasteiger partial charge in [-0.15, -0.1) is 0 Å².